The molecule has 0 aromatic carbocycles. The molecule has 0 spiro atoms. The van der Waals surface area contributed by atoms with E-state index in [0.717, 1.165) is 38.8 Å². The zero-order valence-corrected chi connectivity index (χ0v) is 15.3. The van der Waals surface area contributed by atoms with E-state index in [4.69, 9.17) is 0 Å². The predicted molar refractivity (Wildman–Crippen MR) is 93.9 cm³/mol. The van der Waals surface area contributed by atoms with Crippen molar-refractivity contribution < 1.29 is 9.59 Å². The number of rotatable bonds is 3. The first-order chi connectivity index (χ1) is 11.5. The monoisotopic (exact) mass is 395 g/mol. The van der Waals surface area contributed by atoms with Gasteiger partial charge in [-0.3, -0.25) is 14.4 Å². The quantitative estimate of drug-likeness (QED) is 0.820. The first kappa shape index (κ1) is 17.2. The number of likely N-dealkylation sites (tertiary alicyclic amines) is 1. The van der Waals surface area contributed by atoms with E-state index < -0.39 is 5.56 Å². The van der Waals surface area contributed by atoms with E-state index in [0.29, 0.717) is 16.6 Å². The number of hydrogen-bond acceptors (Lipinski definition) is 3. The van der Waals surface area contributed by atoms with Crippen molar-refractivity contribution >= 4 is 27.7 Å². The fraction of sp³-hybridized carbons (Fsp3) is 0.588. The van der Waals surface area contributed by atoms with Gasteiger partial charge in [0, 0.05) is 35.2 Å². The Hall–Kier alpha value is -1.63. The van der Waals surface area contributed by atoms with Crippen molar-refractivity contribution in [2.24, 2.45) is 5.92 Å². The van der Waals surface area contributed by atoms with E-state index in [9.17, 15) is 14.4 Å². The van der Waals surface area contributed by atoms with E-state index in [1.54, 1.807) is 13.0 Å². The van der Waals surface area contributed by atoms with Gasteiger partial charge in [-0.05, 0) is 61.0 Å². The van der Waals surface area contributed by atoms with Crippen LogP contribution >= 0.6 is 15.9 Å². The van der Waals surface area contributed by atoms with Crippen molar-refractivity contribution in [3.63, 3.8) is 0 Å². The third-order valence-corrected chi connectivity index (χ3v) is 5.78. The molecular weight excluding hydrogens is 374 g/mol. The Morgan fingerprint density at radius 3 is 2.71 bits per heavy atom. The van der Waals surface area contributed by atoms with Crippen LogP contribution in [-0.4, -0.2) is 40.8 Å². The van der Waals surface area contributed by atoms with E-state index in [1.807, 2.05) is 4.90 Å². The number of carbonyl (C=O) groups excluding carboxylic acids is 2. The number of pyridine rings is 1. The molecule has 0 bridgehead atoms. The minimum atomic E-state index is -0.393. The summed E-state index contributed by atoms with van der Waals surface area (Å²) in [6, 6.07) is 1.50. The Balaban J connectivity index is 1.61. The summed E-state index contributed by atoms with van der Waals surface area (Å²) in [5, 5.41) is 2.91. The minimum Gasteiger partial charge on any atom is -0.349 e. The molecule has 1 saturated heterocycles. The molecule has 2 heterocycles. The largest absolute Gasteiger partial charge is 0.349 e. The first-order valence-corrected chi connectivity index (χ1v) is 9.24. The highest BCUT2D eigenvalue weighted by atomic mass is 79.9. The molecule has 2 atom stereocenters. The highest BCUT2D eigenvalue weighted by molar-refractivity contribution is 9.10. The number of amides is 2. The van der Waals surface area contributed by atoms with E-state index >= 15 is 0 Å². The summed E-state index contributed by atoms with van der Waals surface area (Å²) in [5.41, 5.74) is 0.395. The van der Waals surface area contributed by atoms with Crippen LogP contribution in [0.1, 0.15) is 48.2 Å². The molecule has 1 saturated carbocycles. The Kier molecular flexibility index (Phi) is 5.08. The van der Waals surface area contributed by atoms with Gasteiger partial charge in [-0.25, -0.2) is 0 Å². The topological polar surface area (TPSA) is 82.3 Å². The number of aromatic nitrogens is 1. The molecular formula is C17H22BrN3O3. The maximum atomic E-state index is 12.4. The Bertz CT molecular complexity index is 710. The van der Waals surface area contributed by atoms with Crippen LogP contribution in [0.15, 0.2) is 15.3 Å². The van der Waals surface area contributed by atoms with Gasteiger partial charge in [-0.2, -0.15) is 0 Å². The normalized spacial score (nSPS) is 23.5. The number of nitrogens with one attached hydrogen (secondary N) is 2. The average Bonchev–Trinajstić information content (AvgIpc) is 3.21. The molecule has 2 amide bonds. The molecule has 3 rings (SSSR count). The predicted octanol–water partition coefficient (Wildman–Crippen LogP) is 1.97. The molecule has 2 fully saturated rings. The van der Waals surface area contributed by atoms with Crippen LogP contribution in [0.3, 0.4) is 0 Å². The summed E-state index contributed by atoms with van der Waals surface area (Å²) in [6.07, 6.45) is 4.41. The van der Waals surface area contributed by atoms with Crippen LogP contribution in [0.4, 0.5) is 0 Å². The highest BCUT2D eigenvalue weighted by Crippen LogP contribution is 2.28. The molecule has 7 heteroatoms. The minimum absolute atomic E-state index is 0.00330. The van der Waals surface area contributed by atoms with Gasteiger partial charge in [-0.1, -0.05) is 0 Å². The van der Waals surface area contributed by atoms with Crippen LogP contribution in [0, 0.1) is 12.8 Å². The van der Waals surface area contributed by atoms with Crippen molar-refractivity contribution in [2.45, 2.75) is 45.1 Å². The Morgan fingerprint density at radius 1 is 1.29 bits per heavy atom. The van der Waals surface area contributed by atoms with Crippen LogP contribution in [0.25, 0.3) is 0 Å². The molecule has 24 heavy (non-hydrogen) atoms. The smallest absolute Gasteiger partial charge is 0.261 e. The maximum Gasteiger partial charge on any atom is 0.261 e. The van der Waals surface area contributed by atoms with Crippen LogP contribution in [0.5, 0.6) is 0 Å². The van der Waals surface area contributed by atoms with Crippen LogP contribution < -0.4 is 10.9 Å². The number of aryl methyl sites for hydroxylation is 1. The second kappa shape index (κ2) is 7.09. The summed E-state index contributed by atoms with van der Waals surface area (Å²) in [6.45, 7) is 3.48. The number of carbonyl (C=O) groups is 2. The van der Waals surface area contributed by atoms with Gasteiger partial charge in [0.05, 0.1) is 0 Å². The summed E-state index contributed by atoms with van der Waals surface area (Å²) in [5.74, 6) is -0.159. The van der Waals surface area contributed by atoms with Gasteiger partial charge in [-0.15, -0.1) is 0 Å². The van der Waals surface area contributed by atoms with Gasteiger partial charge in [0.2, 0.25) is 5.91 Å². The Labute approximate surface area is 149 Å². The third kappa shape index (κ3) is 3.55. The summed E-state index contributed by atoms with van der Waals surface area (Å²) in [7, 11) is 0. The molecule has 2 aliphatic rings. The van der Waals surface area contributed by atoms with E-state index in [1.165, 1.54) is 0 Å². The zero-order valence-electron chi connectivity index (χ0n) is 13.7. The van der Waals surface area contributed by atoms with E-state index in [-0.39, 0.29) is 29.3 Å². The molecule has 0 radical (unpaired) electrons. The lowest BCUT2D eigenvalue weighted by atomic mass is 10.1. The zero-order chi connectivity index (χ0) is 17.3. The van der Waals surface area contributed by atoms with Crippen molar-refractivity contribution in [2.75, 3.05) is 13.1 Å². The number of halogens is 1. The first-order valence-electron chi connectivity index (χ1n) is 8.45. The van der Waals surface area contributed by atoms with Gasteiger partial charge >= 0.3 is 0 Å². The van der Waals surface area contributed by atoms with E-state index in [2.05, 4.69) is 26.2 Å². The SMILES string of the molecule is Cc1[nH]c(=O)c(C(=O)N[C@H]2CC[C@@H](C(=O)N3CCCC3)C2)cc1Br. The highest BCUT2D eigenvalue weighted by Gasteiger charge is 2.34. The van der Waals surface area contributed by atoms with Crippen molar-refractivity contribution in [1.29, 1.82) is 0 Å². The standard InChI is InChI=1S/C17H22BrN3O3/c1-10-14(18)9-13(15(22)19-10)16(23)20-12-5-4-11(8-12)17(24)21-6-2-3-7-21/h9,11-12H,2-8H2,1H3,(H,19,22)(H,20,23)/t11-,12+/m1/s1. The molecule has 0 unspecified atom stereocenters. The van der Waals surface area contributed by atoms with Gasteiger partial charge < -0.3 is 15.2 Å². The fourth-order valence-corrected chi connectivity index (χ4v) is 3.89. The fourth-order valence-electron chi connectivity index (χ4n) is 3.56. The van der Waals surface area contributed by atoms with Crippen molar-refractivity contribution in [3.05, 3.63) is 32.2 Å². The summed E-state index contributed by atoms with van der Waals surface area (Å²) >= 11 is 3.33. The maximum absolute atomic E-state index is 12.4. The molecule has 2 N–H and O–H groups in total. The lowest BCUT2D eigenvalue weighted by Gasteiger charge is -2.20. The molecule has 1 aliphatic heterocycles. The number of nitrogens with zero attached hydrogens (tertiary/aromatic N) is 1. The van der Waals surface area contributed by atoms with Crippen molar-refractivity contribution in [1.82, 2.24) is 15.2 Å². The molecule has 130 valence electrons. The average molecular weight is 396 g/mol. The van der Waals surface area contributed by atoms with Gasteiger partial charge in [0.25, 0.3) is 11.5 Å². The lowest BCUT2D eigenvalue weighted by Crippen LogP contribution is -2.38. The molecule has 1 aromatic heterocycles. The second-order valence-corrected chi connectivity index (χ2v) is 7.55. The van der Waals surface area contributed by atoms with Crippen molar-refractivity contribution in [3.8, 4) is 0 Å². The van der Waals surface area contributed by atoms with Gasteiger partial charge in [0.15, 0.2) is 0 Å². The Morgan fingerprint density at radius 2 is 2.00 bits per heavy atom. The summed E-state index contributed by atoms with van der Waals surface area (Å²) in [4.78, 5) is 41.4. The third-order valence-electron chi connectivity index (χ3n) is 4.95. The number of hydrogen-bond donors (Lipinski definition) is 2. The second-order valence-electron chi connectivity index (χ2n) is 6.70. The van der Waals surface area contributed by atoms with Crippen LogP contribution in [0.2, 0.25) is 0 Å². The number of H-pyrrole nitrogens is 1. The van der Waals surface area contributed by atoms with Crippen LogP contribution in [-0.2, 0) is 4.79 Å². The molecule has 1 aliphatic carbocycles. The molecule has 6 nitrogen and oxygen atoms in total. The molecule has 1 aromatic rings. The van der Waals surface area contributed by atoms with Gasteiger partial charge in [0.1, 0.15) is 5.56 Å². The summed E-state index contributed by atoms with van der Waals surface area (Å²) < 4.78 is 0.695. The lowest BCUT2D eigenvalue weighted by molar-refractivity contribution is -0.134. The number of aromatic amines is 1.